The molecule has 0 saturated heterocycles. The third-order valence-electron chi connectivity index (χ3n) is 2.97. The topological polar surface area (TPSA) is 75.3 Å². The summed E-state index contributed by atoms with van der Waals surface area (Å²) < 4.78 is 41.3. The molecule has 1 amide bonds. The van der Waals surface area contributed by atoms with Gasteiger partial charge in [0.25, 0.3) is 0 Å². The number of sulfonamides is 1. The molecule has 0 unspecified atom stereocenters. The standard InChI is InChI=1S/C15H13Br2FN2O3S/c16-10-5-6-11(17)14(9-10)24(22,23)19-8-7-15(21)20-13-4-2-1-3-12(13)18/h1-6,9,19H,7-8H2,(H,20,21). The molecule has 0 saturated carbocycles. The fourth-order valence-electron chi connectivity index (χ4n) is 1.84. The molecule has 2 rings (SSSR count). The van der Waals surface area contributed by atoms with E-state index in [1.54, 1.807) is 18.2 Å². The highest BCUT2D eigenvalue weighted by Crippen LogP contribution is 2.25. The van der Waals surface area contributed by atoms with Gasteiger partial charge in [0.1, 0.15) is 5.82 Å². The Morgan fingerprint density at radius 2 is 1.83 bits per heavy atom. The Balaban J connectivity index is 1.94. The van der Waals surface area contributed by atoms with Gasteiger partial charge in [-0.3, -0.25) is 4.79 Å². The lowest BCUT2D eigenvalue weighted by atomic mass is 10.3. The number of carbonyl (C=O) groups is 1. The van der Waals surface area contributed by atoms with Gasteiger partial charge in [0.15, 0.2) is 0 Å². The highest BCUT2D eigenvalue weighted by Gasteiger charge is 2.18. The van der Waals surface area contributed by atoms with Crippen LogP contribution in [-0.4, -0.2) is 20.9 Å². The third-order valence-corrected chi connectivity index (χ3v) is 5.92. The van der Waals surface area contributed by atoms with Crippen molar-refractivity contribution in [1.29, 1.82) is 0 Å². The fourth-order valence-corrected chi connectivity index (χ4v) is 4.37. The van der Waals surface area contributed by atoms with E-state index in [4.69, 9.17) is 0 Å². The lowest BCUT2D eigenvalue weighted by molar-refractivity contribution is -0.116. The Bertz CT molecular complexity index is 860. The van der Waals surface area contributed by atoms with E-state index in [1.165, 1.54) is 24.3 Å². The number of nitrogens with one attached hydrogen (secondary N) is 2. The lowest BCUT2D eigenvalue weighted by Gasteiger charge is -2.09. The van der Waals surface area contributed by atoms with Gasteiger partial charge in [0.05, 0.1) is 10.6 Å². The molecule has 24 heavy (non-hydrogen) atoms. The van der Waals surface area contributed by atoms with Gasteiger partial charge < -0.3 is 5.32 Å². The summed E-state index contributed by atoms with van der Waals surface area (Å²) in [5.74, 6) is -1.04. The molecule has 0 atom stereocenters. The van der Waals surface area contributed by atoms with E-state index in [-0.39, 0.29) is 23.5 Å². The summed E-state index contributed by atoms with van der Waals surface area (Å²) in [5, 5.41) is 2.39. The molecule has 0 aliphatic carbocycles. The van der Waals surface area contributed by atoms with Crippen LogP contribution in [0.4, 0.5) is 10.1 Å². The number of hydrogen-bond donors (Lipinski definition) is 2. The van der Waals surface area contributed by atoms with E-state index in [1.807, 2.05) is 0 Å². The van der Waals surface area contributed by atoms with Crippen LogP contribution in [0.3, 0.4) is 0 Å². The molecule has 2 aromatic carbocycles. The van der Waals surface area contributed by atoms with Crippen molar-refractivity contribution < 1.29 is 17.6 Å². The van der Waals surface area contributed by atoms with Gasteiger partial charge in [-0.2, -0.15) is 0 Å². The first-order valence-corrected chi connectivity index (χ1v) is 9.85. The van der Waals surface area contributed by atoms with Crippen LogP contribution in [-0.2, 0) is 14.8 Å². The zero-order valence-corrected chi connectivity index (χ0v) is 16.2. The minimum Gasteiger partial charge on any atom is -0.324 e. The largest absolute Gasteiger partial charge is 0.324 e. The van der Waals surface area contributed by atoms with Crippen molar-refractivity contribution in [3.05, 3.63) is 57.2 Å². The SMILES string of the molecule is O=C(CCNS(=O)(=O)c1cc(Br)ccc1Br)Nc1ccccc1F. The van der Waals surface area contributed by atoms with Crippen molar-refractivity contribution in [2.45, 2.75) is 11.3 Å². The monoisotopic (exact) mass is 478 g/mol. The molecular weight excluding hydrogens is 467 g/mol. The van der Waals surface area contributed by atoms with Crippen molar-refractivity contribution in [1.82, 2.24) is 4.72 Å². The normalized spacial score (nSPS) is 11.3. The van der Waals surface area contributed by atoms with Gasteiger partial charge in [-0.05, 0) is 46.3 Å². The Labute approximate surface area is 156 Å². The Hall–Kier alpha value is -1.29. The Morgan fingerprint density at radius 1 is 1.12 bits per heavy atom. The minimum atomic E-state index is -3.77. The summed E-state index contributed by atoms with van der Waals surface area (Å²) in [5.41, 5.74) is 0.0556. The van der Waals surface area contributed by atoms with Crippen LogP contribution in [0.1, 0.15) is 6.42 Å². The summed E-state index contributed by atoms with van der Waals surface area (Å²) in [7, 11) is -3.77. The second-order valence-corrected chi connectivity index (χ2v) is 8.26. The molecule has 0 bridgehead atoms. The molecule has 0 aliphatic rings. The first-order valence-electron chi connectivity index (χ1n) is 6.79. The predicted octanol–water partition coefficient (Wildman–Crippen LogP) is 3.66. The van der Waals surface area contributed by atoms with Crippen LogP contribution in [0.15, 0.2) is 56.3 Å². The van der Waals surface area contributed by atoms with E-state index < -0.39 is 21.7 Å². The predicted molar refractivity (Wildman–Crippen MR) is 96.7 cm³/mol. The number of rotatable bonds is 6. The van der Waals surface area contributed by atoms with Crippen molar-refractivity contribution in [3.63, 3.8) is 0 Å². The maximum absolute atomic E-state index is 13.4. The van der Waals surface area contributed by atoms with Crippen LogP contribution in [0.5, 0.6) is 0 Å². The fraction of sp³-hybridized carbons (Fsp3) is 0.133. The summed E-state index contributed by atoms with van der Waals surface area (Å²) in [6.45, 7) is -0.110. The maximum atomic E-state index is 13.4. The zero-order chi connectivity index (χ0) is 17.7. The Morgan fingerprint density at radius 3 is 2.54 bits per heavy atom. The molecule has 2 N–H and O–H groups in total. The molecule has 0 spiro atoms. The maximum Gasteiger partial charge on any atom is 0.241 e. The van der Waals surface area contributed by atoms with E-state index >= 15 is 0 Å². The van der Waals surface area contributed by atoms with Crippen molar-refractivity contribution in [2.75, 3.05) is 11.9 Å². The van der Waals surface area contributed by atoms with E-state index in [2.05, 4.69) is 41.9 Å². The van der Waals surface area contributed by atoms with Crippen LogP contribution in [0, 0.1) is 5.82 Å². The van der Waals surface area contributed by atoms with Gasteiger partial charge in [-0.15, -0.1) is 0 Å². The quantitative estimate of drug-likeness (QED) is 0.663. The minimum absolute atomic E-state index is 0.0556. The summed E-state index contributed by atoms with van der Waals surface area (Å²) >= 11 is 6.39. The molecular formula is C15H13Br2FN2O3S. The average Bonchev–Trinajstić information content (AvgIpc) is 2.51. The molecule has 128 valence electrons. The molecule has 0 aromatic heterocycles. The second-order valence-electron chi connectivity index (χ2n) is 4.75. The van der Waals surface area contributed by atoms with Crippen molar-refractivity contribution >= 4 is 53.5 Å². The smallest absolute Gasteiger partial charge is 0.241 e. The van der Waals surface area contributed by atoms with Gasteiger partial charge in [-0.1, -0.05) is 28.1 Å². The number of benzene rings is 2. The van der Waals surface area contributed by atoms with Crippen LogP contribution in [0.2, 0.25) is 0 Å². The summed E-state index contributed by atoms with van der Waals surface area (Å²) in [6, 6.07) is 10.5. The van der Waals surface area contributed by atoms with Crippen LogP contribution in [0.25, 0.3) is 0 Å². The molecule has 0 heterocycles. The first kappa shape index (κ1) is 19.0. The van der Waals surface area contributed by atoms with Gasteiger partial charge in [-0.25, -0.2) is 17.5 Å². The Kier molecular flexibility index (Phi) is 6.50. The van der Waals surface area contributed by atoms with Crippen molar-refractivity contribution in [2.24, 2.45) is 0 Å². The highest BCUT2D eigenvalue weighted by molar-refractivity contribution is 9.11. The van der Waals surface area contributed by atoms with E-state index in [0.717, 1.165) is 0 Å². The van der Waals surface area contributed by atoms with Crippen LogP contribution < -0.4 is 10.0 Å². The summed E-state index contributed by atoms with van der Waals surface area (Å²) in [4.78, 5) is 11.8. The van der Waals surface area contributed by atoms with Crippen molar-refractivity contribution in [3.8, 4) is 0 Å². The van der Waals surface area contributed by atoms with E-state index in [9.17, 15) is 17.6 Å². The molecule has 9 heteroatoms. The average molecular weight is 480 g/mol. The first-order chi connectivity index (χ1) is 11.3. The third kappa shape index (κ3) is 5.10. The molecule has 0 radical (unpaired) electrons. The second kappa shape index (κ2) is 8.19. The number of halogens is 3. The number of hydrogen-bond acceptors (Lipinski definition) is 3. The van der Waals surface area contributed by atoms with Gasteiger partial charge >= 0.3 is 0 Å². The molecule has 5 nitrogen and oxygen atoms in total. The number of anilines is 1. The number of amides is 1. The molecule has 0 fully saturated rings. The number of carbonyl (C=O) groups excluding carboxylic acids is 1. The van der Waals surface area contributed by atoms with E-state index in [0.29, 0.717) is 8.95 Å². The van der Waals surface area contributed by atoms with Crippen LogP contribution >= 0.6 is 31.9 Å². The van der Waals surface area contributed by atoms with Gasteiger partial charge in [0, 0.05) is 21.9 Å². The molecule has 0 aliphatic heterocycles. The lowest BCUT2D eigenvalue weighted by Crippen LogP contribution is -2.28. The highest BCUT2D eigenvalue weighted by atomic mass is 79.9. The van der Waals surface area contributed by atoms with Gasteiger partial charge in [0.2, 0.25) is 15.9 Å². The zero-order valence-electron chi connectivity index (χ0n) is 12.2. The number of para-hydroxylation sites is 1. The summed E-state index contributed by atoms with van der Waals surface area (Å²) in [6.07, 6.45) is -0.126. The molecule has 2 aromatic rings.